The van der Waals surface area contributed by atoms with E-state index in [-0.39, 0.29) is 0 Å². The molecule has 0 radical (unpaired) electrons. The molecule has 0 aliphatic carbocycles. The van der Waals surface area contributed by atoms with E-state index in [4.69, 9.17) is 0 Å². The van der Waals surface area contributed by atoms with E-state index in [2.05, 4.69) is 65.8 Å². The Morgan fingerprint density at radius 3 is 2.74 bits per heavy atom. The fraction of sp³-hybridized carbons (Fsp3) is 0.429. The molecule has 0 aromatic heterocycles. The third-order valence-corrected chi connectivity index (χ3v) is 5.71. The van der Waals surface area contributed by atoms with Crippen LogP contribution < -0.4 is 0 Å². The van der Waals surface area contributed by atoms with E-state index in [0.29, 0.717) is 12.2 Å². The zero-order valence-corrected chi connectivity index (χ0v) is 14.0. The van der Waals surface area contributed by atoms with Gasteiger partial charge in [-0.05, 0) is 54.6 Å². The van der Waals surface area contributed by atoms with Gasteiger partial charge in [-0.3, -0.25) is 9.80 Å². The van der Waals surface area contributed by atoms with Crippen molar-refractivity contribution in [2.24, 2.45) is 0 Å². The van der Waals surface area contributed by atoms with E-state index >= 15 is 0 Å². The normalized spacial score (nSPS) is 23.8. The predicted octanol–water partition coefficient (Wildman–Crippen LogP) is 4.37. The molecule has 0 bridgehead atoms. The number of nitrogens with zero attached hydrogens (tertiary/aromatic N) is 2. The molecule has 2 fully saturated rings. The lowest BCUT2D eigenvalue weighted by atomic mass is 9.94. The minimum atomic E-state index is 0.395. The summed E-state index contributed by atoms with van der Waals surface area (Å²) in [6.45, 7) is 10.6. The largest absolute Gasteiger partial charge is 0.288 e. The molecule has 0 amide bonds. The Kier molecular flexibility index (Phi) is 3.96. The third kappa shape index (κ3) is 2.60. The van der Waals surface area contributed by atoms with Crippen LogP contribution in [0.25, 0.3) is 16.3 Å². The molecule has 2 atom stereocenters. The van der Waals surface area contributed by atoms with Gasteiger partial charge in [-0.15, -0.1) is 0 Å². The maximum Gasteiger partial charge on any atom is 0.0628 e. The third-order valence-electron chi connectivity index (χ3n) is 5.71. The van der Waals surface area contributed by atoms with Crippen LogP contribution in [0.5, 0.6) is 0 Å². The first-order chi connectivity index (χ1) is 11.3. The fourth-order valence-electron chi connectivity index (χ4n) is 4.43. The lowest BCUT2D eigenvalue weighted by Crippen LogP contribution is -2.53. The van der Waals surface area contributed by atoms with Crippen molar-refractivity contribution in [1.29, 1.82) is 0 Å². The van der Waals surface area contributed by atoms with Gasteiger partial charge >= 0.3 is 0 Å². The van der Waals surface area contributed by atoms with Gasteiger partial charge in [0.15, 0.2) is 0 Å². The van der Waals surface area contributed by atoms with Crippen LogP contribution in [0, 0.1) is 0 Å². The Balaban J connectivity index is 1.65. The van der Waals surface area contributed by atoms with E-state index in [0.717, 1.165) is 0 Å². The molecule has 120 valence electrons. The van der Waals surface area contributed by atoms with Gasteiger partial charge in [0.25, 0.3) is 0 Å². The summed E-state index contributed by atoms with van der Waals surface area (Å²) in [7, 11) is 0. The zero-order valence-electron chi connectivity index (χ0n) is 14.0. The van der Waals surface area contributed by atoms with Crippen molar-refractivity contribution in [1.82, 2.24) is 9.80 Å². The molecule has 23 heavy (non-hydrogen) atoms. The van der Waals surface area contributed by atoms with Crippen LogP contribution in [0.2, 0.25) is 0 Å². The Labute approximate surface area is 139 Å². The maximum absolute atomic E-state index is 4.50. The first-order valence-electron chi connectivity index (χ1n) is 8.92. The van der Waals surface area contributed by atoms with Gasteiger partial charge in [0.05, 0.1) is 6.17 Å². The highest BCUT2D eigenvalue weighted by molar-refractivity contribution is 5.94. The summed E-state index contributed by atoms with van der Waals surface area (Å²) in [5, 5.41) is 2.63. The molecule has 2 heteroatoms. The maximum atomic E-state index is 4.50. The first-order valence-corrected chi connectivity index (χ1v) is 8.92. The van der Waals surface area contributed by atoms with Crippen LogP contribution in [0.1, 0.15) is 31.7 Å². The molecule has 2 heterocycles. The van der Waals surface area contributed by atoms with Crippen molar-refractivity contribution in [2.75, 3.05) is 19.6 Å². The van der Waals surface area contributed by atoms with Gasteiger partial charge in [-0.1, -0.05) is 49.0 Å². The Morgan fingerprint density at radius 1 is 1.04 bits per heavy atom. The van der Waals surface area contributed by atoms with Crippen molar-refractivity contribution in [2.45, 2.75) is 38.4 Å². The van der Waals surface area contributed by atoms with Crippen LogP contribution in [0.4, 0.5) is 0 Å². The summed E-state index contributed by atoms with van der Waals surface area (Å²) < 4.78 is 0. The lowest BCUT2D eigenvalue weighted by Gasteiger charge is -2.44. The van der Waals surface area contributed by atoms with Gasteiger partial charge in [0, 0.05) is 19.1 Å². The second-order valence-corrected chi connectivity index (χ2v) is 6.98. The SMILES string of the molecule is C=C(c1cccc2ccccc12)C(C)N1CCCN2CCCC21. The van der Waals surface area contributed by atoms with Crippen LogP contribution >= 0.6 is 0 Å². The highest BCUT2D eigenvalue weighted by Gasteiger charge is 2.35. The molecule has 2 aliphatic heterocycles. The highest BCUT2D eigenvalue weighted by atomic mass is 15.4. The predicted molar refractivity (Wildman–Crippen MR) is 98.4 cm³/mol. The van der Waals surface area contributed by atoms with E-state index in [9.17, 15) is 0 Å². The first kappa shape index (κ1) is 14.9. The van der Waals surface area contributed by atoms with Crippen molar-refractivity contribution in [3.05, 3.63) is 54.6 Å². The quantitative estimate of drug-likeness (QED) is 0.831. The Bertz CT molecular complexity index is 715. The van der Waals surface area contributed by atoms with Crippen molar-refractivity contribution < 1.29 is 0 Å². The zero-order chi connectivity index (χ0) is 15.8. The molecular weight excluding hydrogens is 280 g/mol. The molecule has 2 aromatic carbocycles. The molecule has 2 aromatic rings. The summed E-state index contributed by atoms with van der Waals surface area (Å²) in [6.07, 6.45) is 4.57. The van der Waals surface area contributed by atoms with Crippen LogP contribution in [-0.4, -0.2) is 41.6 Å². The van der Waals surface area contributed by atoms with E-state index in [1.807, 2.05) is 0 Å². The Hall–Kier alpha value is -1.64. The van der Waals surface area contributed by atoms with E-state index in [1.54, 1.807) is 0 Å². The number of rotatable bonds is 3. The average molecular weight is 306 g/mol. The van der Waals surface area contributed by atoms with E-state index in [1.165, 1.54) is 60.8 Å². The van der Waals surface area contributed by atoms with Crippen LogP contribution in [0.3, 0.4) is 0 Å². The Morgan fingerprint density at radius 2 is 1.83 bits per heavy atom. The second kappa shape index (κ2) is 6.10. The molecule has 4 rings (SSSR count). The summed E-state index contributed by atoms with van der Waals surface area (Å²) in [5.41, 5.74) is 2.57. The smallest absolute Gasteiger partial charge is 0.0628 e. The molecular formula is C21H26N2. The van der Waals surface area contributed by atoms with Gasteiger partial charge in [0.1, 0.15) is 0 Å². The lowest BCUT2D eigenvalue weighted by molar-refractivity contribution is 0.0227. The van der Waals surface area contributed by atoms with Gasteiger partial charge in [-0.25, -0.2) is 0 Å². The molecule has 0 spiro atoms. The molecule has 0 N–H and O–H groups in total. The van der Waals surface area contributed by atoms with Gasteiger partial charge in [0.2, 0.25) is 0 Å². The summed E-state index contributed by atoms with van der Waals surface area (Å²) in [4.78, 5) is 5.34. The molecule has 2 unspecified atom stereocenters. The molecule has 2 aliphatic rings. The minimum absolute atomic E-state index is 0.395. The van der Waals surface area contributed by atoms with Crippen LogP contribution in [-0.2, 0) is 0 Å². The highest BCUT2D eigenvalue weighted by Crippen LogP contribution is 2.33. The average Bonchev–Trinajstić information content (AvgIpc) is 3.08. The van der Waals surface area contributed by atoms with Crippen LogP contribution in [0.15, 0.2) is 49.0 Å². The van der Waals surface area contributed by atoms with E-state index < -0.39 is 0 Å². The van der Waals surface area contributed by atoms with Crippen molar-refractivity contribution in [3.8, 4) is 0 Å². The number of hydrogen-bond donors (Lipinski definition) is 0. The van der Waals surface area contributed by atoms with Crippen molar-refractivity contribution in [3.63, 3.8) is 0 Å². The summed E-state index contributed by atoms with van der Waals surface area (Å²) >= 11 is 0. The molecule has 0 saturated carbocycles. The van der Waals surface area contributed by atoms with Crippen molar-refractivity contribution >= 4 is 16.3 Å². The number of fused-ring (bicyclic) bond motifs is 2. The molecule has 2 nitrogen and oxygen atoms in total. The molecule has 2 saturated heterocycles. The van der Waals surface area contributed by atoms with Gasteiger partial charge < -0.3 is 0 Å². The number of benzene rings is 2. The van der Waals surface area contributed by atoms with Gasteiger partial charge in [-0.2, -0.15) is 0 Å². The summed E-state index contributed by atoms with van der Waals surface area (Å²) in [5.74, 6) is 0. The minimum Gasteiger partial charge on any atom is -0.288 e. The standard InChI is InChI=1S/C21H26N2/c1-16(19-11-5-9-18-8-3-4-10-20(18)19)17(2)23-15-7-14-22-13-6-12-21(22)23/h3-5,8-11,17,21H,1,6-7,12-15H2,2H3. The second-order valence-electron chi connectivity index (χ2n) is 6.98. The monoisotopic (exact) mass is 306 g/mol. The topological polar surface area (TPSA) is 6.48 Å². The summed E-state index contributed by atoms with van der Waals surface area (Å²) in [6, 6.07) is 15.6. The fourth-order valence-corrected chi connectivity index (χ4v) is 4.43. The number of hydrogen-bond acceptors (Lipinski definition) is 2.